The van der Waals surface area contributed by atoms with Crippen molar-refractivity contribution in [1.29, 1.82) is 0 Å². The summed E-state index contributed by atoms with van der Waals surface area (Å²) in [6, 6.07) is 3.45. The van der Waals surface area contributed by atoms with Gasteiger partial charge in [0.15, 0.2) is 0 Å². The summed E-state index contributed by atoms with van der Waals surface area (Å²) in [6.07, 6.45) is 8.64. The van der Waals surface area contributed by atoms with E-state index in [2.05, 4.69) is 50.0 Å². The number of nitrogens with one attached hydrogen (secondary N) is 1. The van der Waals surface area contributed by atoms with E-state index in [0.29, 0.717) is 23.9 Å². The van der Waals surface area contributed by atoms with Crippen LogP contribution in [0, 0.1) is 11.8 Å². The highest BCUT2D eigenvalue weighted by atomic mass is 15.3. The molecule has 1 aliphatic carbocycles. The quantitative estimate of drug-likeness (QED) is 0.821. The molecule has 114 valence electrons. The number of hydrogen-bond donors (Lipinski definition) is 1. The van der Waals surface area contributed by atoms with Crippen molar-refractivity contribution >= 4 is 0 Å². The van der Waals surface area contributed by atoms with Gasteiger partial charge in [0.25, 0.3) is 0 Å². The zero-order valence-corrected chi connectivity index (χ0v) is 13.6. The Morgan fingerprint density at radius 3 is 2.55 bits per heavy atom. The van der Waals surface area contributed by atoms with Crippen molar-refractivity contribution in [2.45, 2.75) is 71.9 Å². The molecule has 0 amide bonds. The van der Waals surface area contributed by atoms with Crippen molar-refractivity contribution in [1.82, 2.24) is 15.1 Å². The molecular weight excluding hydrogens is 246 g/mol. The average Bonchev–Trinajstić information content (AvgIpc) is 3.04. The van der Waals surface area contributed by atoms with E-state index in [1.54, 1.807) is 0 Å². The molecule has 2 rings (SSSR count). The van der Waals surface area contributed by atoms with Crippen molar-refractivity contribution in [2.24, 2.45) is 11.8 Å². The van der Waals surface area contributed by atoms with Crippen LogP contribution in [0.1, 0.15) is 65.1 Å². The second kappa shape index (κ2) is 7.26. The lowest BCUT2D eigenvalue weighted by molar-refractivity contribution is 0.344. The maximum Gasteiger partial charge on any atom is 0.0628 e. The van der Waals surface area contributed by atoms with Crippen LogP contribution in [0.25, 0.3) is 0 Å². The van der Waals surface area contributed by atoms with Crippen LogP contribution in [0.4, 0.5) is 0 Å². The Morgan fingerprint density at radius 2 is 1.95 bits per heavy atom. The minimum absolute atomic E-state index is 0.562. The van der Waals surface area contributed by atoms with Gasteiger partial charge in [-0.15, -0.1) is 0 Å². The molecule has 1 unspecified atom stereocenters. The largest absolute Gasteiger partial charge is 0.314 e. The molecule has 0 radical (unpaired) electrons. The highest BCUT2D eigenvalue weighted by Crippen LogP contribution is 2.29. The van der Waals surface area contributed by atoms with Gasteiger partial charge < -0.3 is 5.32 Å². The number of hydrogen-bond acceptors (Lipinski definition) is 2. The third-order valence-corrected chi connectivity index (χ3v) is 4.56. The van der Waals surface area contributed by atoms with Crippen molar-refractivity contribution in [3.05, 3.63) is 18.0 Å². The van der Waals surface area contributed by atoms with Gasteiger partial charge >= 0.3 is 0 Å². The molecule has 20 heavy (non-hydrogen) atoms. The SMILES string of the molecule is CC(C)NCC(Cc1ccn(C2CCCC2)n1)C(C)C. The summed E-state index contributed by atoms with van der Waals surface area (Å²) in [5.41, 5.74) is 1.26. The van der Waals surface area contributed by atoms with E-state index in [9.17, 15) is 0 Å². The molecule has 0 spiro atoms. The molecule has 0 aromatic carbocycles. The van der Waals surface area contributed by atoms with Gasteiger partial charge in [-0.1, -0.05) is 40.5 Å². The normalized spacial score (nSPS) is 18.3. The van der Waals surface area contributed by atoms with Crippen LogP contribution in [0.15, 0.2) is 12.3 Å². The van der Waals surface area contributed by atoms with E-state index in [-0.39, 0.29) is 0 Å². The third-order valence-electron chi connectivity index (χ3n) is 4.56. The van der Waals surface area contributed by atoms with E-state index >= 15 is 0 Å². The first-order chi connectivity index (χ1) is 9.56. The molecule has 0 bridgehead atoms. The summed E-state index contributed by atoms with van der Waals surface area (Å²) >= 11 is 0. The van der Waals surface area contributed by atoms with E-state index in [1.165, 1.54) is 31.4 Å². The van der Waals surface area contributed by atoms with Crippen LogP contribution in [0.2, 0.25) is 0 Å². The van der Waals surface area contributed by atoms with Crippen LogP contribution in [-0.4, -0.2) is 22.4 Å². The standard InChI is InChI=1S/C17H31N3/c1-13(2)15(12-18-14(3)4)11-16-9-10-20(19-16)17-7-5-6-8-17/h9-10,13-15,17-18H,5-8,11-12H2,1-4H3. The Labute approximate surface area is 124 Å². The van der Waals surface area contributed by atoms with Crippen molar-refractivity contribution < 1.29 is 0 Å². The van der Waals surface area contributed by atoms with Gasteiger partial charge in [0.1, 0.15) is 0 Å². The summed E-state index contributed by atoms with van der Waals surface area (Å²) in [5, 5.41) is 8.40. The summed E-state index contributed by atoms with van der Waals surface area (Å²) < 4.78 is 2.22. The number of nitrogens with zero attached hydrogens (tertiary/aromatic N) is 2. The molecule has 1 fully saturated rings. The Bertz CT molecular complexity index is 389. The number of aromatic nitrogens is 2. The maximum absolute atomic E-state index is 4.83. The van der Waals surface area contributed by atoms with Crippen LogP contribution in [-0.2, 0) is 6.42 Å². The Kier molecular flexibility index (Phi) is 5.64. The van der Waals surface area contributed by atoms with E-state index in [0.717, 1.165) is 13.0 Å². The molecule has 1 aromatic heterocycles. The summed E-state index contributed by atoms with van der Waals surface area (Å²) in [7, 11) is 0. The lowest BCUT2D eigenvalue weighted by Crippen LogP contribution is -2.32. The lowest BCUT2D eigenvalue weighted by atomic mass is 9.91. The van der Waals surface area contributed by atoms with Crippen LogP contribution in [0.5, 0.6) is 0 Å². The molecule has 1 atom stereocenters. The first kappa shape index (κ1) is 15.6. The topological polar surface area (TPSA) is 29.9 Å². The molecule has 1 aliphatic rings. The van der Waals surface area contributed by atoms with Crippen molar-refractivity contribution in [2.75, 3.05) is 6.54 Å². The zero-order valence-electron chi connectivity index (χ0n) is 13.6. The highest BCUT2D eigenvalue weighted by Gasteiger charge is 2.19. The fraction of sp³-hybridized carbons (Fsp3) is 0.824. The zero-order chi connectivity index (χ0) is 14.5. The molecule has 3 nitrogen and oxygen atoms in total. The minimum Gasteiger partial charge on any atom is -0.314 e. The van der Waals surface area contributed by atoms with Gasteiger partial charge in [-0.2, -0.15) is 5.10 Å². The molecule has 1 heterocycles. The van der Waals surface area contributed by atoms with Gasteiger partial charge in [-0.05, 0) is 43.7 Å². The second-order valence-electron chi connectivity index (χ2n) is 7.00. The Balaban J connectivity index is 1.92. The van der Waals surface area contributed by atoms with Crippen LogP contribution >= 0.6 is 0 Å². The molecule has 3 heteroatoms. The van der Waals surface area contributed by atoms with Crippen molar-refractivity contribution in [3.63, 3.8) is 0 Å². The minimum atomic E-state index is 0.562. The molecule has 0 saturated heterocycles. The van der Waals surface area contributed by atoms with Gasteiger partial charge in [-0.3, -0.25) is 4.68 Å². The molecule has 1 saturated carbocycles. The molecule has 0 aliphatic heterocycles. The monoisotopic (exact) mass is 277 g/mol. The van der Waals surface area contributed by atoms with E-state index in [1.807, 2.05) is 0 Å². The third kappa shape index (κ3) is 4.34. The average molecular weight is 277 g/mol. The predicted molar refractivity (Wildman–Crippen MR) is 84.9 cm³/mol. The highest BCUT2D eigenvalue weighted by molar-refractivity contribution is 5.02. The predicted octanol–water partition coefficient (Wildman–Crippen LogP) is 3.81. The summed E-state index contributed by atoms with van der Waals surface area (Å²) in [4.78, 5) is 0. The smallest absolute Gasteiger partial charge is 0.0628 e. The van der Waals surface area contributed by atoms with Gasteiger partial charge in [0.05, 0.1) is 11.7 Å². The Morgan fingerprint density at radius 1 is 1.25 bits per heavy atom. The molecular formula is C17H31N3. The Hall–Kier alpha value is -0.830. The number of rotatable bonds is 7. The van der Waals surface area contributed by atoms with Crippen LogP contribution in [0.3, 0.4) is 0 Å². The fourth-order valence-corrected chi connectivity index (χ4v) is 3.06. The fourth-order valence-electron chi connectivity index (χ4n) is 3.06. The summed E-state index contributed by atoms with van der Waals surface area (Å²) in [5.74, 6) is 1.36. The first-order valence-electron chi connectivity index (χ1n) is 8.33. The maximum atomic E-state index is 4.83. The van der Waals surface area contributed by atoms with Gasteiger partial charge in [0.2, 0.25) is 0 Å². The van der Waals surface area contributed by atoms with E-state index < -0.39 is 0 Å². The van der Waals surface area contributed by atoms with E-state index in [4.69, 9.17) is 5.10 Å². The molecule has 1 N–H and O–H groups in total. The van der Waals surface area contributed by atoms with Gasteiger partial charge in [0, 0.05) is 12.2 Å². The van der Waals surface area contributed by atoms with Gasteiger partial charge in [-0.25, -0.2) is 0 Å². The summed E-state index contributed by atoms with van der Waals surface area (Å²) in [6.45, 7) is 10.2. The molecule has 1 aromatic rings. The van der Waals surface area contributed by atoms with Crippen LogP contribution < -0.4 is 5.32 Å². The second-order valence-corrected chi connectivity index (χ2v) is 7.00. The lowest BCUT2D eigenvalue weighted by Gasteiger charge is -2.22. The van der Waals surface area contributed by atoms with Crippen molar-refractivity contribution in [3.8, 4) is 0 Å². The first-order valence-corrected chi connectivity index (χ1v) is 8.33.